The lowest BCUT2D eigenvalue weighted by atomic mass is 9.71. The van der Waals surface area contributed by atoms with Gasteiger partial charge < -0.3 is 9.47 Å². The molecule has 0 bridgehead atoms. The minimum absolute atomic E-state index is 0.00587. The van der Waals surface area contributed by atoms with E-state index < -0.39 is 0 Å². The van der Waals surface area contributed by atoms with E-state index in [1.165, 1.54) is 32.1 Å². The summed E-state index contributed by atoms with van der Waals surface area (Å²) in [5.74, 6) is 1.63. The van der Waals surface area contributed by atoms with E-state index >= 15 is 0 Å². The Morgan fingerprint density at radius 3 is 2.37 bits per heavy atom. The van der Waals surface area contributed by atoms with E-state index in [1.54, 1.807) is 14.2 Å². The highest BCUT2D eigenvalue weighted by atomic mass is 35.5. The minimum atomic E-state index is -0.00587. The fourth-order valence-corrected chi connectivity index (χ4v) is 3.41. The summed E-state index contributed by atoms with van der Waals surface area (Å²) in [5.41, 5.74) is 1.25. The number of hydrogen-bond donors (Lipinski definition) is 0. The Morgan fingerprint density at radius 2 is 1.79 bits per heavy atom. The van der Waals surface area contributed by atoms with Gasteiger partial charge in [-0.05, 0) is 24.3 Å². The first-order chi connectivity index (χ1) is 9.10. The second kappa shape index (κ2) is 6.04. The first kappa shape index (κ1) is 14.5. The normalized spacial score (nSPS) is 19.8. The fourth-order valence-electron chi connectivity index (χ4n) is 3.02. The van der Waals surface area contributed by atoms with Crippen molar-refractivity contribution in [2.75, 3.05) is 14.2 Å². The van der Waals surface area contributed by atoms with Crippen LogP contribution in [0.15, 0.2) is 18.2 Å². The quantitative estimate of drug-likeness (QED) is 0.727. The van der Waals surface area contributed by atoms with Crippen LogP contribution in [0.3, 0.4) is 0 Å². The van der Waals surface area contributed by atoms with Gasteiger partial charge in [0.25, 0.3) is 0 Å². The van der Waals surface area contributed by atoms with Crippen LogP contribution < -0.4 is 9.47 Å². The van der Waals surface area contributed by atoms with Crippen molar-refractivity contribution in [3.8, 4) is 11.5 Å². The third kappa shape index (κ3) is 3.00. The van der Waals surface area contributed by atoms with Crippen LogP contribution in [-0.2, 0) is 0 Å². The number of hydrogen-bond acceptors (Lipinski definition) is 2. The number of rotatable bonds is 4. The van der Waals surface area contributed by atoms with Crippen molar-refractivity contribution in [2.24, 2.45) is 5.41 Å². The van der Waals surface area contributed by atoms with Crippen molar-refractivity contribution in [2.45, 2.75) is 44.4 Å². The predicted molar refractivity (Wildman–Crippen MR) is 79.3 cm³/mol. The number of ether oxygens (including phenoxy) is 2. The van der Waals surface area contributed by atoms with E-state index in [-0.39, 0.29) is 10.8 Å². The zero-order valence-electron chi connectivity index (χ0n) is 12.0. The van der Waals surface area contributed by atoms with Crippen LogP contribution in [-0.4, -0.2) is 14.2 Å². The maximum absolute atomic E-state index is 6.78. The molecule has 2 nitrogen and oxygen atoms in total. The first-order valence-corrected chi connectivity index (χ1v) is 7.40. The molecule has 0 radical (unpaired) electrons. The first-order valence-electron chi connectivity index (χ1n) is 6.97. The van der Waals surface area contributed by atoms with E-state index in [2.05, 4.69) is 6.92 Å². The van der Waals surface area contributed by atoms with Crippen molar-refractivity contribution < 1.29 is 9.47 Å². The van der Waals surface area contributed by atoms with Crippen LogP contribution in [0.2, 0.25) is 0 Å². The van der Waals surface area contributed by atoms with Crippen LogP contribution in [0.25, 0.3) is 0 Å². The molecule has 0 spiro atoms. The lowest BCUT2D eigenvalue weighted by Crippen LogP contribution is -2.25. The predicted octanol–water partition coefficient (Wildman–Crippen LogP) is 4.95. The summed E-state index contributed by atoms with van der Waals surface area (Å²) >= 11 is 6.78. The second-order valence-corrected chi connectivity index (χ2v) is 6.12. The standard InChI is InChI=1S/C16H23ClO2/c1-16(9-5-4-6-10-16)15(17)13-8-7-12(18-2)11-14(13)19-3/h7-8,11,15H,4-6,9-10H2,1-3H3. The Balaban J connectivity index is 2.29. The highest BCUT2D eigenvalue weighted by Crippen LogP contribution is 2.51. The maximum atomic E-state index is 6.78. The van der Waals surface area contributed by atoms with Crippen molar-refractivity contribution in [3.05, 3.63) is 23.8 Å². The molecule has 0 saturated heterocycles. The van der Waals surface area contributed by atoms with Crippen LogP contribution in [0, 0.1) is 5.41 Å². The van der Waals surface area contributed by atoms with Gasteiger partial charge in [0.05, 0.1) is 19.6 Å². The van der Waals surface area contributed by atoms with E-state index in [0.29, 0.717) is 0 Å². The SMILES string of the molecule is COc1ccc(C(Cl)C2(C)CCCCC2)c(OC)c1. The summed E-state index contributed by atoms with van der Waals surface area (Å²) in [5, 5.41) is -0.00587. The molecule has 1 aromatic rings. The van der Waals surface area contributed by atoms with E-state index in [9.17, 15) is 0 Å². The van der Waals surface area contributed by atoms with Gasteiger partial charge in [0.2, 0.25) is 0 Å². The average molecular weight is 283 g/mol. The summed E-state index contributed by atoms with van der Waals surface area (Å²) in [4.78, 5) is 0. The lowest BCUT2D eigenvalue weighted by molar-refractivity contribution is 0.204. The molecule has 3 heteroatoms. The molecular weight excluding hydrogens is 260 g/mol. The van der Waals surface area contributed by atoms with Gasteiger partial charge in [-0.25, -0.2) is 0 Å². The maximum Gasteiger partial charge on any atom is 0.127 e. The van der Waals surface area contributed by atoms with Gasteiger partial charge in [-0.15, -0.1) is 11.6 Å². The Kier molecular flexibility index (Phi) is 4.62. The highest BCUT2D eigenvalue weighted by molar-refractivity contribution is 6.21. The van der Waals surface area contributed by atoms with Gasteiger partial charge in [-0.2, -0.15) is 0 Å². The molecule has 1 aliphatic rings. The number of methoxy groups -OCH3 is 2. The summed E-state index contributed by atoms with van der Waals surface area (Å²) in [6, 6.07) is 5.91. The largest absolute Gasteiger partial charge is 0.497 e. The van der Waals surface area contributed by atoms with Gasteiger partial charge in [-0.3, -0.25) is 0 Å². The molecule has 1 aromatic carbocycles. The molecule has 1 atom stereocenters. The number of benzene rings is 1. The summed E-state index contributed by atoms with van der Waals surface area (Å²) in [7, 11) is 3.35. The van der Waals surface area contributed by atoms with E-state index in [1.807, 2.05) is 18.2 Å². The second-order valence-electron chi connectivity index (χ2n) is 5.69. The van der Waals surface area contributed by atoms with Gasteiger partial charge in [0.15, 0.2) is 0 Å². The highest BCUT2D eigenvalue weighted by Gasteiger charge is 2.36. The van der Waals surface area contributed by atoms with Crippen LogP contribution in [0.5, 0.6) is 11.5 Å². The van der Waals surface area contributed by atoms with E-state index in [0.717, 1.165) is 17.1 Å². The van der Waals surface area contributed by atoms with Gasteiger partial charge in [-0.1, -0.05) is 32.3 Å². The van der Waals surface area contributed by atoms with Crippen molar-refractivity contribution in [3.63, 3.8) is 0 Å². The number of halogens is 1. The minimum Gasteiger partial charge on any atom is -0.497 e. The zero-order valence-corrected chi connectivity index (χ0v) is 12.8. The van der Waals surface area contributed by atoms with Gasteiger partial charge in [0, 0.05) is 11.6 Å². The molecule has 2 rings (SSSR count). The van der Waals surface area contributed by atoms with Gasteiger partial charge in [0.1, 0.15) is 11.5 Å². The van der Waals surface area contributed by atoms with E-state index in [4.69, 9.17) is 21.1 Å². The van der Waals surface area contributed by atoms with Crippen molar-refractivity contribution in [1.82, 2.24) is 0 Å². The van der Waals surface area contributed by atoms with Crippen molar-refractivity contribution in [1.29, 1.82) is 0 Å². The Bertz CT molecular complexity index is 425. The van der Waals surface area contributed by atoms with Gasteiger partial charge >= 0.3 is 0 Å². The molecule has 0 amide bonds. The Labute approximate surface area is 121 Å². The molecule has 19 heavy (non-hydrogen) atoms. The molecule has 106 valence electrons. The smallest absolute Gasteiger partial charge is 0.127 e. The monoisotopic (exact) mass is 282 g/mol. The summed E-state index contributed by atoms with van der Waals surface area (Å²) in [6.07, 6.45) is 6.27. The molecule has 0 N–H and O–H groups in total. The third-order valence-electron chi connectivity index (χ3n) is 4.32. The number of alkyl halides is 1. The molecule has 0 aromatic heterocycles. The molecule has 1 aliphatic carbocycles. The Morgan fingerprint density at radius 1 is 1.11 bits per heavy atom. The summed E-state index contributed by atoms with van der Waals surface area (Å²) < 4.78 is 10.7. The molecule has 1 fully saturated rings. The molecule has 1 unspecified atom stereocenters. The average Bonchev–Trinajstić information content (AvgIpc) is 2.46. The molecular formula is C16H23ClO2. The Hall–Kier alpha value is -0.890. The topological polar surface area (TPSA) is 18.5 Å². The molecule has 0 heterocycles. The van der Waals surface area contributed by atoms with Crippen LogP contribution >= 0.6 is 11.6 Å². The molecule has 0 aliphatic heterocycles. The fraction of sp³-hybridized carbons (Fsp3) is 0.625. The summed E-state index contributed by atoms with van der Waals surface area (Å²) in [6.45, 7) is 2.30. The zero-order chi connectivity index (χ0) is 13.9. The van der Waals surface area contributed by atoms with Crippen LogP contribution in [0.1, 0.15) is 50.0 Å². The lowest BCUT2D eigenvalue weighted by Gasteiger charge is -2.38. The molecule has 1 saturated carbocycles. The van der Waals surface area contributed by atoms with Crippen molar-refractivity contribution >= 4 is 11.6 Å². The van der Waals surface area contributed by atoms with Crippen LogP contribution in [0.4, 0.5) is 0 Å². The third-order valence-corrected chi connectivity index (χ3v) is 5.08.